The standard InChI is InChI=1S/C15H22N2/c1-17(15-9-11-16-12-10-15)13-5-8-14-6-3-2-4-7-14/h2-8,15-16H,9-13H2,1H3/b8-5+. The van der Waals surface area contributed by atoms with Gasteiger partial charge in [0.2, 0.25) is 0 Å². The summed E-state index contributed by atoms with van der Waals surface area (Å²) in [6.45, 7) is 3.37. The number of likely N-dealkylation sites (N-methyl/N-ethyl adjacent to an activating group) is 1. The van der Waals surface area contributed by atoms with Crippen LogP contribution in [-0.2, 0) is 0 Å². The molecule has 2 nitrogen and oxygen atoms in total. The lowest BCUT2D eigenvalue weighted by Gasteiger charge is -2.30. The molecule has 1 N–H and O–H groups in total. The largest absolute Gasteiger partial charge is 0.317 e. The highest BCUT2D eigenvalue weighted by Crippen LogP contribution is 2.10. The van der Waals surface area contributed by atoms with Crippen LogP contribution in [0.15, 0.2) is 36.4 Å². The highest BCUT2D eigenvalue weighted by Gasteiger charge is 2.15. The van der Waals surface area contributed by atoms with Crippen LogP contribution in [0.25, 0.3) is 6.08 Å². The second-order valence-corrected chi connectivity index (χ2v) is 4.73. The first-order valence-electron chi connectivity index (χ1n) is 6.49. The topological polar surface area (TPSA) is 15.3 Å². The number of nitrogens with zero attached hydrogens (tertiary/aromatic N) is 1. The third-order valence-electron chi connectivity index (χ3n) is 3.44. The Hall–Kier alpha value is -1.12. The molecule has 0 saturated carbocycles. The Morgan fingerprint density at radius 3 is 2.65 bits per heavy atom. The summed E-state index contributed by atoms with van der Waals surface area (Å²) in [5, 5.41) is 3.41. The molecule has 1 aliphatic heterocycles. The fourth-order valence-corrected chi connectivity index (χ4v) is 2.32. The summed E-state index contributed by atoms with van der Waals surface area (Å²) >= 11 is 0. The summed E-state index contributed by atoms with van der Waals surface area (Å²) in [7, 11) is 2.23. The fourth-order valence-electron chi connectivity index (χ4n) is 2.32. The molecule has 1 aliphatic rings. The van der Waals surface area contributed by atoms with Gasteiger partial charge in [0.25, 0.3) is 0 Å². The van der Waals surface area contributed by atoms with Gasteiger partial charge in [0.15, 0.2) is 0 Å². The van der Waals surface area contributed by atoms with Crippen molar-refractivity contribution in [1.29, 1.82) is 0 Å². The Balaban J connectivity index is 1.79. The lowest BCUT2D eigenvalue weighted by molar-refractivity contribution is 0.217. The van der Waals surface area contributed by atoms with Gasteiger partial charge in [-0.25, -0.2) is 0 Å². The molecule has 1 saturated heterocycles. The van der Waals surface area contributed by atoms with E-state index in [9.17, 15) is 0 Å². The minimum atomic E-state index is 0.747. The van der Waals surface area contributed by atoms with E-state index in [4.69, 9.17) is 0 Å². The van der Waals surface area contributed by atoms with Gasteiger partial charge in [-0.2, -0.15) is 0 Å². The first-order valence-corrected chi connectivity index (χ1v) is 6.49. The average molecular weight is 230 g/mol. The summed E-state index contributed by atoms with van der Waals surface area (Å²) in [6, 6.07) is 11.2. The van der Waals surface area contributed by atoms with E-state index < -0.39 is 0 Å². The van der Waals surface area contributed by atoms with Crippen molar-refractivity contribution in [1.82, 2.24) is 10.2 Å². The summed E-state index contributed by atoms with van der Waals surface area (Å²) in [4.78, 5) is 2.46. The Labute approximate surface area is 104 Å². The van der Waals surface area contributed by atoms with Gasteiger partial charge >= 0.3 is 0 Å². The second-order valence-electron chi connectivity index (χ2n) is 4.73. The second kappa shape index (κ2) is 6.58. The molecule has 17 heavy (non-hydrogen) atoms. The number of piperidine rings is 1. The number of hydrogen-bond donors (Lipinski definition) is 1. The molecule has 0 spiro atoms. The zero-order chi connectivity index (χ0) is 11.9. The summed E-state index contributed by atoms with van der Waals surface area (Å²) in [5.41, 5.74) is 1.28. The van der Waals surface area contributed by atoms with Gasteiger partial charge < -0.3 is 5.32 Å². The maximum atomic E-state index is 3.41. The number of hydrogen-bond acceptors (Lipinski definition) is 2. The van der Waals surface area contributed by atoms with E-state index >= 15 is 0 Å². The van der Waals surface area contributed by atoms with Gasteiger partial charge in [0, 0.05) is 12.6 Å². The molecule has 0 atom stereocenters. The van der Waals surface area contributed by atoms with Crippen molar-refractivity contribution in [2.45, 2.75) is 18.9 Å². The molecule has 0 unspecified atom stereocenters. The highest BCUT2D eigenvalue weighted by atomic mass is 15.1. The lowest BCUT2D eigenvalue weighted by atomic mass is 10.1. The summed E-state index contributed by atoms with van der Waals surface area (Å²) in [5.74, 6) is 0. The van der Waals surface area contributed by atoms with Crippen molar-refractivity contribution < 1.29 is 0 Å². The van der Waals surface area contributed by atoms with Crippen molar-refractivity contribution in [3.63, 3.8) is 0 Å². The number of rotatable bonds is 4. The molecular formula is C15H22N2. The molecular weight excluding hydrogens is 208 g/mol. The molecule has 0 amide bonds. The van der Waals surface area contributed by atoms with Crippen LogP contribution in [0.3, 0.4) is 0 Å². The summed E-state index contributed by atoms with van der Waals surface area (Å²) in [6.07, 6.45) is 7.01. The average Bonchev–Trinajstić information content (AvgIpc) is 2.41. The van der Waals surface area contributed by atoms with E-state index in [1.54, 1.807) is 0 Å². The maximum absolute atomic E-state index is 3.41. The number of nitrogens with one attached hydrogen (secondary N) is 1. The van der Waals surface area contributed by atoms with E-state index in [0.29, 0.717) is 0 Å². The third kappa shape index (κ3) is 3.99. The van der Waals surface area contributed by atoms with Crippen molar-refractivity contribution >= 4 is 6.08 Å². The highest BCUT2D eigenvalue weighted by molar-refractivity contribution is 5.48. The molecule has 1 aromatic rings. The van der Waals surface area contributed by atoms with Gasteiger partial charge in [-0.05, 0) is 38.5 Å². The van der Waals surface area contributed by atoms with E-state index in [2.05, 4.69) is 59.7 Å². The molecule has 2 rings (SSSR count). The molecule has 0 aromatic heterocycles. The van der Waals surface area contributed by atoms with Crippen LogP contribution < -0.4 is 5.32 Å². The molecule has 0 bridgehead atoms. The Bertz CT molecular complexity index is 339. The SMILES string of the molecule is CN(C/C=C/c1ccccc1)C1CCNCC1. The monoisotopic (exact) mass is 230 g/mol. The molecule has 2 heteroatoms. The van der Waals surface area contributed by atoms with E-state index in [1.807, 2.05) is 0 Å². The van der Waals surface area contributed by atoms with Crippen LogP contribution in [0.1, 0.15) is 18.4 Å². The molecule has 92 valence electrons. The fraction of sp³-hybridized carbons (Fsp3) is 0.467. The minimum Gasteiger partial charge on any atom is -0.317 e. The van der Waals surface area contributed by atoms with Crippen LogP contribution in [0.2, 0.25) is 0 Å². The maximum Gasteiger partial charge on any atom is 0.0166 e. The third-order valence-corrected chi connectivity index (χ3v) is 3.44. The smallest absolute Gasteiger partial charge is 0.0166 e. The van der Waals surface area contributed by atoms with Gasteiger partial charge in [-0.3, -0.25) is 4.90 Å². The van der Waals surface area contributed by atoms with E-state index in [-0.39, 0.29) is 0 Å². The zero-order valence-electron chi connectivity index (χ0n) is 10.6. The Kier molecular flexibility index (Phi) is 4.77. The number of benzene rings is 1. The minimum absolute atomic E-state index is 0.747. The van der Waals surface area contributed by atoms with Crippen molar-refractivity contribution in [3.8, 4) is 0 Å². The first kappa shape index (κ1) is 12.3. The first-order chi connectivity index (χ1) is 8.36. The van der Waals surface area contributed by atoms with Gasteiger partial charge in [-0.1, -0.05) is 42.5 Å². The van der Waals surface area contributed by atoms with Gasteiger partial charge in [-0.15, -0.1) is 0 Å². The summed E-state index contributed by atoms with van der Waals surface area (Å²) < 4.78 is 0. The molecule has 0 aliphatic carbocycles. The van der Waals surface area contributed by atoms with Crippen LogP contribution in [0.4, 0.5) is 0 Å². The molecule has 1 heterocycles. The Morgan fingerprint density at radius 2 is 1.94 bits per heavy atom. The quantitative estimate of drug-likeness (QED) is 0.854. The lowest BCUT2D eigenvalue weighted by Crippen LogP contribution is -2.41. The van der Waals surface area contributed by atoms with Crippen LogP contribution in [-0.4, -0.2) is 37.6 Å². The van der Waals surface area contributed by atoms with Crippen molar-refractivity contribution in [2.75, 3.05) is 26.7 Å². The van der Waals surface area contributed by atoms with Crippen LogP contribution in [0.5, 0.6) is 0 Å². The molecule has 1 aromatic carbocycles. The van der Waals surface area contributed by atoms with Crippen molar-refractivity contribution in [3.05, 3.63) is 42.0 Å². The van der Waals surface area contributed by atoms with Gasteiger partial charge in [0.1, 0.15) is 0 Å². The van der Waals surface area contributed by atoms with Crippen LogP contribution >= 0.6 is 0 Å². The Morgan fingerprint density at radius 1 is 1.24 bits per heavy atom. The zero-order valence-corrected chi connectivity index (χ0v) is 10.6. The van der Waals surface area contributed by atoms with Crippen LogP contribution in [0, 0.1) is 0 Å². The van der Waals surface area contributed by atoms with Gasteiger partial charge in [0.05, 0.1) is 0 Å². The van der Waals surface area contributed by atoms with Crippen molar-refractivity contribution in [2.24, 2.45) is 0 Å². The van der Waals surface area contributed by atoms with E-state index in [1.165, 1.54) is 18.4 Å². The van der Waals surface area contributed by atoms with E-state index in [0.717, 1.165) is 25.7 Å². The molecule has 1 fully saturated rings. The molecule has 0 radical (unpaired) electrons. The predicted molar refractivity (Wildman–Crippen MR) is 74.0 cm³/mol. The normalized spacial score (nSPS) is 18.0. The predicted octanol–water partition coefficient (Wildman–Crippen LogP) is 2.38.